The molecule has 0 aromatic rings. The van der Waals surface area contributed by atoms with E-state index in [1.165, 1.54) is 12.2 Å². The van der Waals surface area contributed by atoms with Crippen LogP contribution < -0.4 is 0 Å². The minimum absolute atomic E-state index is 0.0235. The standard InChI is InChI=1S/C26H37FN2O4/c1-16-13-20-19-6-5-17-14-18(30)7-8-23(17,2)25(19,27)21(31)15-24(20,3)26(16,33)22(32)29-11-9-28(4)10-12-29/h7-8,14,16,19-21,31,33H,5-6,9-13,15H2,1-4H3/t16-,19-,20-,21-,23-,24-,25-,26-/m0/s1. The molecule has 0 unspecified atom stereocenters. The van der Waals surface area contributed by atoms with Crippen LogP contribution in [0.4, 0.5) is 4.39 Å². The molecule has 0 bridgehead atoms. The molecule has 2 N–H and O–H groups in total. The van der Waals surface area contributed by atoms with Crippen molar-refractivity contribution in [2.24, 2.45) is 28.6 Å². The van der Waals surface area contributed by atoms with Crippen molar-refractivity contribution in [1.29, 1.82) is 0 Å². The molecule has 0 aromatic carbocycles. The molecule has 0 spiro atoms. The van der Waals surface area contributed by atoms with E-state index >= 15 is 4.39 Å². The first-order chi connectivity index (χ1) is 15.4. The van der Waals surface area contributed by atoms with Gasteiger partial charge in [0.1, 0.15) is 0 Å². The summed E-state index contributed by atoms with van der Waals surface area (Å²) in [5.74, 6) is -1.46. The summed E-state index contributed by atoms with van der Waals surface area (Å²) < 4.78 is 17.2. The van der Waals surface area contributed by atoms with Crippen LogP contribution in [0.15, 0.2) is 23.8 Å². The number of hydrogen-bond donors (Lipinski definition) is 2. The number of hydrogen-bond acceptors (Lipinski definition) is 5. The number of carbonyl (C=O) groups is 2. The Balaban J connectivity index is 1.53. The summed E-state index contributed by atoms with van der Waals surface area (Å²) in [6.07, 6.45) is 4.91. The lowest BCUT2D eigenvalue weighted by Crippen LogP contribution is -2.70. The van der Waals surface area contributed by atoms with E-state index in [0.717, 1.165) is 18.7 Å². The Hall–Kier alpha value is -1.57. The van der Waals surface area contributed by atoms with E-state index in [-0.39, 0.29) is 29.9 Å². The summed E-state index contributed by atoms with van der Waals surface area (Å²) >= 11 is 0. The van der Waals surface area contributed by atoms with E-state index in [2.05, 4.69) is 4.90 Å². The van der Waals surface area contributed by atoms with Gasteiger partial charge in [0, 0.05) is 42.9 Å². The monoisotopic (exact) mass is 460 g/mol. The molecule has 4 aliphatic carbocycles. The number of aliphatic hydroxyl groups excluding tert-OH is 1. The molecule has 1 heterocycles. The van der Waals surface area contributed by atoms with E-state index in [0.29, 0.717) is 32.4 Å². The lowest BCUT2D eigenvalue weighted by molar-refractivity contribution is -0.223. The fraction of sp³-hybridized carbons (Fsp3) is 0.769. The van der Waals surface area contributed by atoms with Gasteiger partial charge in [0.25, 0.3) is 5.91 Å². The minimum Gasteiger partial charge on any atom is -0.390 e. The Bertz CT molecular complexity index is 943. The number of aliphatic hydroxyl groups is 2. The lowest BCUT2D eigenvalue weighted by atomic mass is 9.44. The van der Waals surface area contributed by atoms with Gasteiger partial charge in [0.15, 0.2) is 17.1 Å². The topological polar surface area (TPSA) is 81.1 Å². The Labute approximate surface area is 195 Å². The van der Waals surface area contributed by atoms with Crippen LogP contribution in [0.5, 0.6) is 0 Å². The van der Waals surface area contributed by atoms with E-state index < -0.39 is 34.1 Å². The molecular formula is C26H37FN2O4. The number of piperazine rings is 1. The summed E-state index contributed by atoms with van der Waals surface area (Å²) in [5, 5.41) is 23.5. The summed E-state index contributed by atoms with van der Waals surface area (Å²) in [6, 6.07) is 0. The van der Waals surface area contributed by atoms with Crippen molar-refractivity contribution < 1.29 is 24.2 Å². The van der Waals surface area contributed by atoms with E-state index in [4.69, 9.17) is 0 Å². The quantitative estimate of drug-likeness (QED) is 0.627. The highest BCUT2D eigenvalue weighted by Gasteiger charge is 2.76. The molecule has 5 aliphatic rings. The van der Waals surface area contributed by atoms with Gasteiger partial charge in [0.2, 0.25) is 0 Å². The molecule has 0 radical (unpaired) electrons. The third-order valence-electron chi connectivity index (χ3n) is 10.3. The van der Waals surface area contributed by atoms with Crippen molar-refractivity contribution in [3.8, 4) is 0 Å². The molecule has 5 rings (SSSR count). The highest BCUT2D eigenvalue weighted by Crippen LogP contribution is 2.70. The van der Waals surface area contributed by atoms with Crippen LogP contribution in [-0.2, 0) is 9.59 Å². The maximum Gasteiger partial charge on any atom is 0.255 e. The van der Waals surface area contributed by atoms with Crippen LogP contribution in [0.2, 0.25) is 0 Å². The van der Waals surface area contributed by atoms with Crippen LogP contribution in [0, 0.1) is 28.6 Å². The second-order valence-corrected chi connectivity index (χ2v) is 11.8. The first kappa shape index (κ1) is 23.2. The van der Waals surface area contributed by atoms with Gasteiger partial charge in [-0.05, 0) is 63.6 Å². The van der Waals surface area contributed by atoms with Gasteiger partial charge >= 0.3 is 0 Å². The summed E-state index contributed by atoms with van der Waals surface area (Å²) in [6.45, 7) is 8.23. The van der Waals surface area contributed by atoms with Crippen molar-refractivity contribution in [3.63, 3.8) is 0 Å². The van der Waals surface area contributed by atoms with Crippen molar-refractivity contribution in [2.45, 2.75) is 63.8 Å². The molecule has 7 heteroatoms. The Kier molecular flexibility index (Phi) is 5.07. The van der Waals surface area contributed by atoms with Crippen molar-refractivity contribution in [2.75, 3.05) is 33.2 Å². The largest absolute Gasteiger partial charge is 0.390 e. The van der Waals surface area contributed by atoms with Crippen molar-refractivity contribution in [1.82, 2.24) is 9.80 Å². The van der Waals surface area contributed by atoms with Crippen LogP contribution in [0.1, 0.15) is 46.5 Å². The number of carbonyl (C=O) groups excluding carboxylic acids is 2. The Morgan fingerprint density at radius 2 is 1.85 bits per heavy atom. The number of ketones is 1. The minimum atomic E-state index is -1.94. The predicted octanol–water partition coefficient (Wildman–Crippen LogP) is 2.11. The van der Waals surface area contributed by atoms with Gasteiger partial charge < -0.3 is 20.0 Å². The van der Waals surface area contributed by atoms with E-state index in [1.807, 2.05) is 20.9 Å². The maximum atomic E-state index is 17.2. The van der Waals surface area contributed by atoms with Gasteiger partial charge in [-0.2, -0.15) is 0 Å². The number of nitrogens with zero attached hydrogens (tertiary/aromatic N) is 2. The molecule has 6 nitrogen and oxygen atoms in total. The van der Waals surface area contributed by atoms with Crippen molar-refractivity contribution in [3.05, 3.63) is 23.8 Å². The average molecular weight is 461 g/mol. The first-order valence-electron chi connectivity index (χ1n) is 12.4. The highest BCUT2D eigenvalue weighted by molar-refractivity contribution is 6.01. The van der Waals surface area contributed by atoms with Gasteiger partial charge in [-0.15, -0.1) is 0 Å². The number of allylic oxidation sites excluding steroid dienone is 4. The van der Waals surface area contributed by atoms with Gasteiger partial charge in [-0.1, -0.05) is 25.5 Å². The Morgan fingerprint density at radius 1 is 1.18 bits per heavy atom. The molecular weight excluding hydrogens is 423 g/mol. The van der Waals surface area contributed by atoms with Crippen molar-refractivity contribution >= 4 is 11.7 Å². The van der Waals surface area contributed by atoms with Gasteiger partial charge in [-0.3, -0.25) is 9.59 Å². The number of halogens is 1. The average Bonchev–Trinajstić information content (AvgIpc) is 2.97. The fourth-order valence-electron chi connectivity index (χ4n) is 8.25. The Morgan fingerprint density at radius 3 is 2.52 bits per heavy atom. The van der Waals surface area contributed by atoms with E-state index in [1.54, 1.807) is 17.9 Å². The third-order valence-corrected chi connectivity index (χ3v) is 10.3. The number of likely N-dealkylation sites (N-methyl/N-ethyl adjacent to an activating group) is 1. The second-order valence-electron chi connectivity index (χ2n) is 11.8. The van der Waals surface area contributed by atoms with Crippen LogP contribution >= 0.6 is 0 Å². The number of rotatable bonds is 1. The zero-order valence-corrected chi connectivity index (χ0v) is 20.2. The molecule has 8 atom stereocenters. The number of fused-ring (bicyclic) bond motifs is 5. The molecule has 1 aliphatic heterocycles. The maximum absolute atomic E-state index is 17.2. The third kappa shape index (κ3) is 2.76. The molecule has 1 amide bonds. The number of amides is 1. The highest BCUT2D eigenvalue weighted by atomic mass is 19.1. The smallest absolute Gasteiger partial charge is 0.255 e. The predicted molar refractivity (Wildman–Crippen MR) is 122 cm³/mol. The van der Waals surface area contributed by atoms with Gasteiger partial charge in [-0.25, -0.2) is 4.39 Å². The second kappa shape index (κ2) is 7.22. The summed E-state index contributed by atoms with van der Waals surface area (Å²) in [5.41, 5.74) is -4.81. The molecule has 3 saturated carbocycles. The molecule has 33 heavy (non-hydrogen) atoms. The lowest BCUT2D eigenvalue weighted by Gasteiger charge is -2.62. The normalized spacial score (nSPS) is 49.8. The molecule has 4 fully saturated rings. The zero-order chi connectivity index (χ0) is 24.0. The van der Waals surface area contributed by atoms with Crippen LogP contribution in [-0.4, -0.2) is 82.3 Å². The number of alkyl halides is 1. The van der Waals surface area contributed by atoms with E-state index in [9.17, 15) is 19.8 Å². The summed E-state index contributed by atoms with van der Waals surface area (Å²) in [4.78, 5) is 29.7. The SMILES string of the molecule is C[C@H]1C[C@H]2[C@@H]3CCC4=CC(=O)C=C[C@]4(C)[C@@]3(F)[C@@H](O)C[C@]2(C)[C@@]1(O)C(=O)N1CCN(C)CC1. The fourth-order valence-corrected chi connectivity index (χ4v) is 8.25. The van der Waals surface area contributed by atoms with Crippen LogP contribution in [0.25, 0.3) is 0 Å². The first-order valence-corrected chi connectivity index (χ1v) is 12.4. The molecule has 0 aromatic heterocycles. The van der Waals surface area contributed by atoms with Crippen LogP contribution in [0.3, 0.4) is 0 Å². The zero-order valence-electron chi connectivity index (χ0n) is 20.2. The molecule has 182 valence electrons. The van der Waals surface area contributed by atoms with Gasteiger partial charge in [0.05, 0.1) is 6.10 Å². The molecule has 1 saturated heterocycles. The summed E-state index contributed by atoms with van der Waals surface area (Å²) in [7, 11) is 2.02.